The van der Waals surface area contributed by atoms with E-state index < -0.39 is 0 Å². The molecule has 0 aromatic heterocycles. The molecule has 18 heavy (non-hydrogen) atoms. The molecule has 2 unspecified atom stereocenters. The van der Waals surface area contributed by atoms with Gasteiger partial charge in [0.1, 0.15) is 0 Å². The molecule has 2 fully saturated rings. The van der Waals surface area contributed by atoms with Crippen molar-refractivity contribution in [2.24, 2.45) is 0 Å². The monoisotopic (exact) mass is 240 g/mol. The summed E-state index contributed by atoms with van der Waals surface area (Å²) >= 11 is 0. The predicted octanol–water partition coefficient (Wildman–Crippen LogP) is 2.71. The Balaban J connectivity index is 1.64. The average molecular weight is 240 g/mol. The third-order valence-electron chi connectivity index (χ3n) is 4.22. The summed E-state index contributed by atoms with van der Waals surface area (Å²) < 4.78 is 0. The Morgan fingerprint density at radius 1 is 1.28 bits per heavy atom. The molecule has 0 bridgehead atoms. The van der Waals surface area contributed by atoms with Gasteiger partial charge < -0.3 is 10.2 Å². The molecule has 0 amide bonds. The lowest BCUT2D eigenvalue weighted by molar-refractivity contribution is 0.188. The van der Waals surface area contributed by atoms with Crippen LogP contribution in [0.15, 0.2) is 24.3 Å². The molecule has 1 N–H and O–H groups in total. The van der Waals surface area contributed by atoms with Crippen molar-refractivity contribution in [3.63, 3.8) is 0 Å². The number of hydrogen-bond acceptors (Lipinski definition) is 2. The summed E-state index contributed by atoms with van der Waals surface area (Å²) in [5.74, 6) is 2.69. The number of nitrogens with one attached hydrogen (secondary N) is 1. The number of fused-ring (bicyclic) bond motifs is 1. The van der Waals surface area contributed by atoms with Crippen molar-refractivity contribution < 1.29 is 0 Å². The van der Waals surface area contributed by atoms with Gasteiger partial charge in [0.2, 0.25) is 0 Å². The lowest BCUT2D eigenvalue weighted by Gasteiger charge is -2.35. The summed E-state index contributed by atoms with van der Waals surface area (Å²) in [6, 6.07) is 9.61. The minimum Gasteiger partial charge on any atom is -0.382 e. The molecule has 2 heteroatoms. The molecule has 1 aromatic rings. The molecule has 3 rings (SSSR count). The summed E-state index contributed by atoms with van der Waals surface area (Å²) in [6.45, 7) is 2.56. The van der Waals surface area contributed by atoms with E-state index in [1.165, 1.54) is 44.5 Å². The molecular formula is C16H20N2. The summed E-state index contributed by atoms with van der Waals surface area (Å²) in [5.41, 5.74) is 2.13. The molecule has 2 heterocycles. The van der Waals surface area contributed by atoms with Crippen molar-refractivity contribution >= 4 is 5.69 Å². The third kappa shape index (κ3) is 2.37. The summed E-state index contributed by atoms with van der Waals surface area (Å²) in [7, 11) is 0. The fourth-order valence-electron chi connectivity index (χ4n) is 3.29. The van der Waals surface area contributed by atoms with Crippen molar-refractivity contribution in [2.45, 2.75) is 37.8 Å². The lowest BCUT2D eigenvalue weighted by atomic mass is 9.97. The summed E-state index contributed by atoms with van der Waals surface area (Å²) in [6.07, 6.45) is 10.7. The van der Waals surface area contributed by atoms with Gasteiger partial charge in [-0.3, -0.25) is 0 Å². The Hall–Kier alpha value is -1.46. The van der Waals surface area contributed by atoms with Gasteiger partial charge in [-0.15, -0.1) is 6.42 Å². The number of anilines is 1. The molecule has 2 aliphatic rings. The lowest BCUT2D eigenvalue weighted by Crippen LogP contribution is -2.42. The van der Waals surface area contributed by atoms with Gasteiger partial charge in [0.25, 0.3) is 0 Å². The van der Waals surface area contributed by atoms with Crippen LogP contribution in [0.25, 0.3) is 0 Å². The van der Waals surface area contributed by atoms with Crippen molar-refractivity contribution in [1.82, 2.24) is 4.90 Å². The second-order valence-corrected chi connectivity index (χ2v) is 5.42. The van der Waals surface area contributed by atoms with E-state index >= 15 is 0 Å². The quantitative estimate of drug-likeness (QED) is 0.800. The van der Waals surface area contributed by atoms with E-state index in [2.05, 4.69) is 28.3 Å². The highest BCUT2D eigenvalue weighted by molar-refractivity contribution is 5.50. The van der Waals surface area contributed by atoms with Crippen LogP contribution < -0.4 is 5.32 Å². The Morgan fingerprint density at radius 3 is 3.11 bits per heavy atom. The van der Waals surface area contributed by atoms with E-state index in [1.807, 2.05) is 12.1 Å². The van der Waals surface area contributed by atoms with Gasteiger partial charge in [-0.1, -0.05) is 12.0 Å². The van der Waals surface area contributed by atoms with Gasteiger partial charge in [-0.2, -0.15) is 0 Å². The molecule has 0 spiro atoms. The molecule has 2 atom stereocenters. The zero-order valence-corrected chi connectivity index (χ0v) is 10.7. The van der Waals surface area contributed by atoms with E-state index in [0.29, 0.717) is 6.04 Å². The number of benzene rings is 1. The van der Waals surface area contributed by atoms with Crippen LogP contribution in [0.2, 0.25) is 0 Å². The fraction of sp³-hybridized carbons (Fsp3) is 0.500. The van der Waals surface area contributed by atoms with Crippen LogP contribution in [-0.4, -0.2) is 30.1 Å². The van der Waals surface area contributed by atoms with Crippen LogP contribution in [-0.2, 0) is 0 Å². The molecule has 2 nitrogen and oxygen atoms in total. The van der Waals surface area contributed by atoms with Crippen LogP contribution in [0.3, 0.4) is 0 Å². The Bertz CT molecular complexity index is 460. The topological polar surface area (TPSA) is 15.3 Å². The van der Waals surface area contributed by atoms with Gasteiger partial charge in [0.15, 0.2) is 0 Å². The van der Waals surface area contributed by atoms with Crippen LogP contribution in [0.5, 0.6) is 0 Å². The highest BCUT2D eigenvalue weighted by Gasteiger charge is 2.31. The molecule has 1 aromatic carbocycles. The molecule has 94 valence electrons. The first-order chi connectivity index (χ1) is 8.85. The van der Waals surface area contributed by atoms with E-state index in [9.17, 15) is 0 Å². The Kier molecular flexibility index (Phi) is 3.25. The van der Waals surface area contributed by atoms with Crippen molar-refractivity contribution in [2.75, 3.05) is 18.4 Å². The minimum absolute atomic E-state index is 0.609. The maximum absolute atomic E-state index is 5.44. The smallest absolute Gasteiger partial charge is 0.0354 e. The number of nitrogens with zero attached hydrogens (tertiary/aromatic N) is 1. The molecular weight excluding hydrogens is 220 g/mol. The van der Waals surface area contributed by atoms with Gasteiger partial charge in [0.05, 0.1) is 0 Å². The second-order valence-electron chi connectivity index (χ2n) is 5.42. The Morgan fingerprint density at radius 2 is 2.22 bits per heavy atom. The number of rotatable bonds is 2. The molecule has 2 saturated heterocycles. The van der Waals surface area contributed by atoms with Crippen LogP contribution in [0, 0.1) is 12.3 Å². The fourth-order valence-corrected chi connectivity index (χ4v) is 3.29. The first-order valence-electron chi connectivity index (χ1n) is 6.92. The highest BCUT2D eigenvalue weighted by atomic mass is 15.2. The zero-order valence-electron chi connectivity index (χ0n) is 10.7. The van der Waals surface area contributed by atoms with Gasteiger partial charge in [-0.25, -0.2) is 0 Å². The first-order valence-corrected chi connectivity index (χ1v) is 6.92. The maximum Gasteiger partial charge on any atom is 0.0354 e. The van der Waals surface area contributed by atoms with Crippen molar-refractivity contribution in [3.8, 4) is 12.3 Å². The standard InChI is InChI=1S/C16H20N2/c1-2-13-5-3-6-14(11-13)17-15-8-10-18-9-4-7-16(18)12-15/h1,3,5-6,11,15-17H,4,7-10,12H2. The van der Waals surface area contributed by atoms with Crippen LogP contribution in [0.4, 0.5) is 5.69 Å². The van der Waals surface area contributed by atoms with Crippen molar-refractivity contribution in [3.05, 3.63) is 29.8 Å². The predicted molar refractivity (Wildman–Crippen MR) is 75.6 cm³/mol. The number of terminal acetylenes is 1. The van der Waals surface area contributed by atoms with E-state index in [0.717, 1.165) is 11.6 Å². The van der Waals surface area contributed by atoms with Gasteiger partial charge in [-0.05, 0) is 50.4 Å². The molecule has 0 radical (unpaired) electrons. The normalized spacial score (nSPS) is 27.5. The third-order valence-corrected chi connectivity index (χ3v) is 4.22. The second kappa shape index (κ2) is 5.04. The molecule has 2 aliphatic heterocycles. The van der Waals surface area contributed by atoms with Crippen LogP contribution >= 0.6 is 0 Å². The number of hydrogen-bond donors (Lipinski definition) is 1. The summed E-state index contributed by atoms with van der Waals surface area (Å²) in [4.78, 5) is 2.65. The molecule has 0 aliphatic carbocycles. The Labute approximate surface area is 109 Å². The largest absolute Gasteiger partial charge is 0.382 e. The first kappa shape index (κ1) is 11.6. The van der Waals surface area contributed by atoms with E-state index in [1.54, 1.807) is 0 Å². The van der Waals surface area contributed by atoms with Crippen molar-refractivity contribution in [1.29, 1.82) is 0 Å². The zero-order chi connectivity index (χ0) is 12.4. The minimum atomic E-state index is 0.609. The number of piperidine rings is 1. The van der Waals surface area contributed by atoms with Gasteiger partial charge >= 0.3 is 0 Å². The van der Waals surface area contributed by atoms with Gasteiger partial charge in [0, 0.05) is 29.9 Å². The highest BCUT2D eigenvalue weighted by Crippen LogP contribution is 2.28. The maximum atomic E-state index is 5.44. The SMILES string of the molecule is C#Cc1cccc(NC2CCN3CCCC3C2)c1. The van der Waals surface area contributed by atoms with Crippen LogP contribution in [0.1, 0.15) is 31.2 Å². The average Bonchev–Trinajstić information content (AvgIpc) is 2.86. The van der Waals surface area contributed by atoms with E-state index in [-0.39, 0.29) is 0 Å². The van der Waals surface area contributed by atoms with E-state index in [4.69, 9.17) is 6.42 Å². The molecule has 0 saturated carbocycles. The summed E-state index contributed by atoms with van der Waals surface area (Å²) in [5, 5.41) is 3.65.